The Bertz CT molecular complexity index is 621. The Balaban J connectivity index is 2.00. The molecule has 1 atom stereocenters. The van der Waals surface area contributed by atoms with E-state index in [-0.39, 0.29) is 17.5 Å². The van der Waals surface area contributed by atoms with Crippen molar-refractivity contribution in [3.8, 4) is 0 Å². The maximum atomic E-state index is 12.0. The summed E-state index contributed by atoms with van der Waals surface area (Å²) in [7, 11) is 0. The first-order valence-corrected chi connectivity index (χ1v) is 7.54. The van der Waals surface area contributed by atoms with Crippen LogP contribution in [0.15, 0.2) is 18.2 Å². The van der Waals surface area contributed by atoms with Crippen LogP contribution in [0.5, 0.6) is 0 Å². The molecule has 0 aromatic heterocycles. The van der Waals surface area contributed by atoms with Crippen molar-refractivity contribution in [2.24, 2.45) is 0 Å². The van der Waals surface area contributed by atoms with Crippen LogP contribution in [0.1, 0.15) is 19.8 Å². The molecule has 1 fully saturated rings. The van der Waals surface area contributed by atoms with Gasteiger partial charge in [-0.2, -0.15) is 0 Å². The molecule has 1 aromatic rings. The number of nitrogens with zero attached hydrogens (tertiary/aromatic N) is 1. The van der Waals surface area contributed by atoms with E-state index in [1.807, 2.05) is 6.92 Å². The van der Waals surface area contributed by atoms with Crippen molar-refractivity contribution in [3.63, 3.8) is 0 Å². The molecule has 22 heavy (non-hydrogen) atoms. The second kappa shape index (κ2) is 6.98. The highest BCUT2D eigenvalue weighted by atomic mass is 35.5. The summed E-state index contributed by atoms with van der Waals surface area (Å²) in [6.07, 6.45) is 1.31. The third-order valence-corrected chi connectivity index (χ3v) is 3.74. The number of carbonyl (C=O) groups is 3. The van der Waals surface area contributed by atoms with Gasteiger partial charge >= 0.3 is 6.03 Å². The molecule has 6 nitrogen and oxygen atoms in total. The Hall–Kier alpha value is -1.79. The number of halogens is 2. The van der Waals surface area contributed by atoms with Crippen molar-refractivity contribution in [2.75, 3.05) is 11.9 Å². The summed E-state index contributed by atoms with van der Waals surface area (Å²) in [5.74, 6) is -0.894. The molecule has 1 aliphatic heterocycles. The van der Waals surface area contributed by atoms with Crippen LogP contribution < -0.4 is 10.6 Å². The summed E-state index contributed by atoms with van der Waals surface area (Å²) < 4.78 is 0. The summed E-state index contributed by atoms with van der Waals surface area (Å²) in [6, 6.07) is 3.51. The lowest BCUT2D eigenvalue weighted by Crippen LogP contribution is -2.38. The van der Waals surface area contributed by atoms with Crippen LogP contribution in [0.4, 0.5) is 10.5 Å². The van der Waals surface area contributed by atoms with E-state index < -0.39 is 18.0 Å². The number of anilines is 1. The molecule has 4 amide bonds. The van der Waals surface area contributed by atoms with Gasteiger partial charge in [-0.1, -0.05) is 36.5 Å². The minimum absolute atomic E-state index is 0.280. The third-order valence-electron chi connectivity index (χ3n) is 3.19. The van der Waals surface area contributed by atoms with Crippen LogP contribution in [0.25, 0.3) is 0 Å². The fraction of sp³-hybridized carbons (Fsp3) is 0.357. The first-order valence-electron chi connectivity index (χ1n) is 6.79. The predicted octanol–water partition coefficient (Wildman–Crippen LogP) is 2.65. The highest BCUT2D eigenvalue weighted by Gasteiger charge is 2.38. The topological polar surface area (TPSA) is 78.5 Å². The molecular weight excluding hydrogens is 329 g/mol. The van der Waals surface area contributed by atoms with Crippen LogP contribution in [0.3, 0.4) is 0 Å². The van der Waals surface area contributed by atoms with Gasteiger partial charge in [0.1, 0.15) is 12.6 Å². The highest BCUT2D eigenvalue weighted by Crippen LogP contribution is 2.25. The van der Waals surface area contributed by atoms with Gasteiger partial charge in [0.05, 0.1) is 10.7 Å². The molecule has 0 saturated carbocycles. The van der Waals surface area contributed by atoms with Crippen molar-refractivity contribution in [1.29, 1.82) is 0 Å². The van der Waals surface area contributed by atoms with E-state index >= 15 is 0 Å². The zero-order chi connectivity index (χ0) is 16.3. The van der Waals surface area contributed by atoms with E-state index in [1.54, 1.807) is 12.1 Å². The number of hydrogen-bond acceptors (Lipinski definition) is 3. The summed E-state index contributed by atoms with van der Waals surface area (Å²) in [4.78, 5) is 36.7. The first kappa shape index (κ1) is 16.6. The molecule has 8 heteroatoms. The van der Waals surface area contributed by atoms with Crippen molar-refractivity contribution in [1.82, 2.24) is 10.2 Å². The molecule has 1 saturated heterocycles. The summed E-state index contributed by atoms with van der Waals surface area (Å²) in [5.41, 5.74) is 0.369. The third kappa shape index (κ3) is 3.69. The lowest BCUT2D eigenvalue weighted by molar-refractivity contribution is -0.130. The molecule has 118 valence electrons. The van der Waals surface area contributed by atoms with E-state index in [1.165, 1.54) is 6.07 Å². The fourth-order valence-electron chi connectivity index (χ4n) is 2.14. The van der Waals surface area contributed by atoms with Gasteiger partial charge in [-0.15, -0.1) is 0 Å². The van der Waals surface area contributed by atoms with Gasteiger partial charge in [-0.05, 0) is 24.6 Å². The number of rotatable bonds is 5. The summed E-state index contributed by atoms with van der Waals surface area (Å²) in [6.45, 7) is 1.56. The first-order chi connectivity index (χ1) is 10.4. The normalized spacial score (nSPS) is 17.6. The van der Waals surface area contributed by atoms with Gasteiger partial charge in [-0.3, -0.25) is 14.5 Å². The second-order valence-corrected chi connectivity index (χ2v) is 5.73. The highest BCUT2D eigenvalue weighted by molar-refractivity contribution is 6.36. The lowest BCUT2D eigenvalue weighted by atomic mass is 10.2. The lowest BCUT2D eigenvalue weighted by Gasteiger charge is -2.13. The van der Waals surface area contributed by atoms with Gasteiger partial charge in [-0.25, -0.2) is 4.79 Å². The number of nitrogens with one attached hydrogen (secondary N) is 2. The van der Waals surface area contributed by atoms with Crippen molar-refractivity contribution >= 4 is 46.7 Å². The van der Waals surface area contributed by atoms with Crippen LogP contribution in [-0.2, 0) is 9.59 Å². The zero-order valence-electron chi connectivity index (χ0n) is 11.9. The minimum atomic E-state index is -0.555. The maximum Gasteiger partial charge on any atom is 0.325 e. The molecule has 1 aromatic carbocycles. The maximum absolute atomic E-state index is 12.0. The zero-order valence-corrected chi connectivity index (χ0v) is 13.4. The Morgan fingerprint density at radius 1 is 1.36 bits per heavy atom. The Morgan fingerprint density at radius 2 is 2.09 bits per heavy atom. The number of imide groups is 1. The minimum Gasteiger partial charge on any atom is -0.326 e. The molecule has 2 N–H and O–H groups in total. The van der Waals surface area contributed by atoms with Crippen molar-refractivity contribution in [2.45, 2.75) is 25.8 Å². The van der Waals surface area contributed by atoms with Crippen molar-refractivity contribution < 1.29 is 14.4 Å². The number of benzene rings is 1. The molecule has 0 aliphatic carbocycles. The van der Waals surface area contributed by atoms with E-state index in [9.17, 15) is 14.4 Å². The van der Waals surface area contributed by atoms with Crippen LogP contribution in [-0.4, -0.2) is 35.3 Å². The molecule has 1 aliphatic rings. The average molecular weight is 344 g/mol. The quantitative estimate of drug-likeness (QED) is 0.806. The predicted molar refractivity (Wildman–Crippen MR) is 84.0 cm³/mol. The molecular formula is C14H15Cl2N3O3. The number of carbonyl (C=O) groups excluding carboxylic acids is 3. The van der Waals surface area contributed by atoms with Gasteiger partial charge < -0.3 is 10.6 Å². The van der Waals surface area contributed by atoms with E-state index in [0.717, 1.165) is 11.3 Å². The fourth-order valence-corrected chi connectivity index (χ4v) is 2.59. The van der Waals surface area contributed by atoms with Crippen LogP contribution >= 0.6 is 23.2 Å². The van der Waals surface area contributed by atoms with E-state index in [2.05, 4.69) is 10.6 Å². The van der Waals surface area contributed by atoms with E-state index in [0.29, 0.717) is 17.1 Å². The largest absolute Gasteiger partial charge is 0.326 e. The Labute approximate surface area is 137 Å². The van der Waals surface area contributed by atoms with Gasteiger partial charge in [0.15, 0.2) is 0 Å². The molecule has 0 radical (unpaired) electrons. The second-order valence-electron chi connectivity index (χ2n) is 4.89. The Kier molecular flexibility index (Phi) is 5.26. The average Bonchev–Trinajstić information content (AvgIpc) is 2.70. The summed E-state index contributed by atoms with van der Waals surface area (Å²) in [5, 5.41) is 5.83. The number of urea groups is 1. The molecule has 2 rings (SSSR count). The van der Waals surface area contributed by atoms with Gasteiger partial charge in [0, 0.05) is 5.02 Å². The summed E-state index contributed by atoms with van der Waals surface area (Å²) >= 11 is 11.7. The monoisotopic (exact) mass is 343 g/mol. The molecule has 0 spiro atoms. The van der Waals surface area contributed by atoms with Gasteiger partial charge in [0.25, 0.3) is 5.91 Å². The molecule has 0 unspecified atom stereocenters. The molecule has 0 bridgehead atoms. The van der Waals surface area contributed by atoms with Gasteiger partial charge in [0.2, 0.25) is 5.91 Å². The number of hydrogen-bond donors (Lipinski definition) is 2. The SMILES string of the molecule is CCC[C@@H]1NC(=O)N(CC(=O)Nc2ccc(Cl)cc2Cl)C1=O. The van der Waals surface area contributed by atoms with Crippen LogP contribution in [0, 0.1) is 0 Å². The van der Waals surface area contributed by atoms with Crippen molar-refractivity contribution in [3.05, 3.63) is 28.2 Å². The molecule has 1 heterocycles. The van der Waals surface area contributed by atoms with Crippen LogP contribution in [0.2, 0.25) is 10.0 Å². The smallest absolute Gasteiger partial charge is 0.325 e. The Morgan fingerprint density at radius 3 is 2.73 bits per heavy atom. The number of amides is 4. The van der Waals surface area contributed by atoms with E-state index in [4.69, 9.17) is 23.2 Å². The standard InChI is InChI=1S/C14H15Cl2N3O3/c1-2-3-11-13(21)19(14(22)18-11)7-12(20)17-10-5-4-8(15)6-9(10)16/h4-6,11H,2-3,7H2,1H3,(H,17,20)(H,18,22)/t11-/m0/s1.